The molecular formula is C16H23NO. The van der Waals surface area contributed by atoms with Gasteiger partial charge in [-0.3, -0.25) is 4.79 Å². The van der Waals surface area contributed by atoms with Gasteiger partial charge in [0.05, 0.1) is 0 Å². The summed E-state index contributed by atoms with van der Waals surface area (Å²) >= 11 is 0. The highest BCUT2D eigenvalue weighted by atomic mass is 16.2. The van der Waals surface area contributed by atoms with Crippen LogP contribution in [0.3, 0.4) is 0 Å². The third-order valence-electron chi connectivity index (χ3n) is 3.75. The second-order valence-electron chi connectivity index (χ2n) is 5.78. The van der Waals surface area contributed by atoms with Crippen molar-refractivity contribution in [3.63, 3.8) is 0 Å². The first-order valence-corrected chi connectivity index (χ1v) is 6.91. The van der Waals surface area contributed by atoms with Gasteiger partial charge in [0, 0.05) is 25.4 Å². The predicted octanol–water partition coefficient (Wildman–Crippen LogP) is 3.36. The van der Waals surface area contributed by atoms with Crippen molar-refractivity contribution < 1.29 is 4.79 Å². The second kappa shape index (κ2) is 5.55. The molecule has 2 rings (SSSR count). The maximum atomic E-state index is 12.0. The number of likely N-dealkylation sites (tertiary alicyclic amines) is 1. The van der Waals surface area contributed by atoms with Gasteiger partial charge in [0.2, 0.25) is 5.91 Å². The number of carbonyl (C=O) groups is 1. The quantitative estimate of drug-likeness (QED) is 0.799. The van der Waals surface area contributed by atoms with Gasteiger partial charge in [0.25, 0.3) is 0 Å². The topological polar surface area (TPSA) is 20.3 Å². The van der Waals surface area contributed by atoms with Crippen LogP contribution in [0.25, 0.3) is 0 Å². The first kappa shape index (κ1) is 13.1. The van der Waals surface area contributed by atoms with Crippen LogP contribution in [-0.2, 0) is 4.79 Å². The summed E-state index contributed by atoms with van der Waals surface area (Å²) in [5, 5.41) is 0. The first-order chi connectivity index (χ1) is 8.58. The lowest BCUT2D eigenvalue weighted by Gasteiger charge is -2.18. The monoisotopic (exact) mass is 245 g/mol. The molecular weight excluding hydrogens is 222 g/mol. The van der Waals surface area contributed by atoms with E-state index in [-0.39, 0.29) is 0 Å². The van der Waals surface area contributed by atoms with Crippen molar-refractivity contribution in [1.82, 2.24) is 4.90 Å². The Bertz CT molecular complexity index is 425. The summed E-state index contributed by atoms with van der Waals surface area (Å²) in [4.78, 5) is 14.1. The van der Waals surface area contributed by atoms with E-state index in [4.69, 9.17) is 0 Å². The number of hydrogen-bond donors (Lipinski definition) is 0. The van der Waals surface area contributed by atoms with Crippen molar-refractivity contribution in [2.45, 2.75) is 39.5 Å². The Balaban J connectivity index is 2.01. The Morgan fingerprint density at radius 2 is 2.11 bits per heavy atom. The molecule has 98 valence electrons. The average molecular weight is 245 g/mol. The number of hydrogen-bond acceptors (Lipinski definition) is 1. The van der Waals surface area contributed by atoms with Gasteiger partial charge >= 0.3 is 0 Å². The summed E-state index contributed by atoms with van der Waals surface area (Å²) in [5.41, 5.74) is 2.76. The average Bonchev–Trinajstić information content (AvgIpc) is 2.78. The summed E-state index contributed by atoms with van der Waals surface area (Å²) in [5.74, 6) is 1.30. The van der Waals surface area contributed by atoms with E-state index in [0.29, 0.717) is 24.2 Å². The van der Waals surface area contributed by atoms with Crippen LogP contribution in [0.15, 0.2) is 24.3 Å². The molecule has 0 unspecified atom stereocenters. The molecule has 1 aliphatic rings. The van der Waals surface area contributed by atoms with Gasteiger partial charge in [0.1, 0.15) is 0 Å². The zero-order valence-corrected chi connectivity index (χ0v) is 11.6. The van der Waals surface area contributed by atoms with Crippen molar-refractivity contribution >= 4 is 5.91 Å². The third kappa shape index (κ3) is 2.92. The van der Waals surface area contributed by atoms with Crippen LogP contribution in [0.5, 0.6) is 0 Å². The fourth-order valence-corrected chi connectivity index (χ4v) is 2.76. The van der Waals surface area contributed by atoms with Crippen molar-refractivity contribution in [2.24, 2.45) is 5.92 Å². The molecule has 1 aromatic carbocycles. The van der Waals surface area contributed by atoms with Crippen molar-refractivity contribution in [3.8, 4) is 0 Å². The highest BCUT2D eigenvalue weighted by Crippen LogP contribution is 2.29. The molecule has 1 atom stereocenters. The number of carbonyl (C=O) groups excluding carboxylic acids is 1. The summed E-state index contributed by atoms with van der Waals surface area (Å²) in [6, 6.07) is 8.54. The molecule has 1 fully saturated rings. The van der Waals surface area contributed by atoms with E-state index in [1.807, 2.05) is 4.90 Å². The first-order valence-electron chi connectivity index (χ1n) is 6.91. The molecule has 0 N–H and O–H groups in total. The summed E-state index contributed by atoms with van der Waals surface area (Å²) in [6.45, 7) is 8.19. The van der Waals surface area contributed by atoms with Crippen LogP contribution in [0.2, 0.25) is 0 Å². The van der Waals surface area contributed by atoms with Crippen LogP contribution in [-0.4, -0.2) is 23.9 Å². The Kier molecular flexibility index (Phi) is 4.05. The van der Waals surface area contributed by atoms with Crippen molar-refractivity contribution in [1.29, 1.82) is 0 Å². The van der Waals surface area contributed by atoms with Gasteiger partial charge in [-0.05, 0) is 30.4 Å². The molecule has 0 radical (unpaired) electrons. The molecule has 1 saturated heterocycles. The minimum absolute atomic E-state index is 0.320. The molecule has 1 amide bonds. The van der Waals surface area contributed by atoms with E-state index < -0.39 is 0 Å². The third-order valence-corrected chi connectivity index (χ3v) is 3.75. The van der Waals surface area contributed by atoms with Crippen LogP contribution < -0.4 is 0 Å². The highest BCUT2D eigenvalue weighted by Gasteiger charge is 2.27. The van der Waals surface area contributed by atoms with Gasteiger partial charge in [0.15, 0.2) is 0 Å². The van der Waals surface area contributed by atoms with Crippen LogP contribution in [0.4, 0.5) is 0 Å². The van der Waals surface area contributed by atoms with Crippen molar-refractivity contribution in [2.75, 3.05) is 13.1 Å². The Morgan fingerprint density at radius 3 is 2.78 bits per heavy atom. The largest absolute Gasteiger partial charge is 0.342 e. The molecule has 0 saturated carbocycles. The van der Waals surface area contributed by atoms with Gasteiger partial charge < -0.3 is 4.90 Å². The zero-order valence-electron chi connectivity index (χ0n) is 11.6. The number of rotatable bonds is 3. The van der Waals surface area contributed by atoms with Crippen molar-refractivity contribution in [3.05, 3.63) is 35.4 Å². The van der Waals surface area contributed by atoms with E-state index in [9.17, 15) is 4.79 Å². The molecule has 1 heterocycles. The zero-order chi connectivity index (χ0) is 13.1. The molecule has 0 bridgehead atoms. The lowest BCUT2D eigenvalue weighted by atomic mass is 9.94. The Morgan fingerprint density at radius 1 is 1.39 bits per heavy atom. The number of benzene rings is 1. The fourth-order valence-electron chi connectivity index (χ4n) is 2.76. The smallest absolute Gasteiger partial charge is 0.222 e. The molecule has 0 aliphatic carbocycles. The standard InChI is InChI=1S/C16H23NO/c1-12(2)10-16(18)17-9-8-14(11-17)15-7-5-4-6-13(15)3/h4-7,12,14H,8-11H2,1-3H3/t14-/m0/s1. The predicted molar refractivity (Wildman–Crippen MR) is 74.6 cm³/mol. The van der Waals surface area contributed by atoms with E-state index in [2.05, 4.69) is 45.0 Å². The molecule has 1 aliphatic heterocycles. The summed E-state index contributed by atoms with van der Waals surface area (Å²) in [6.07, 6.45) is 1.79. The SMILES string of the molecule is Cc1ccccc1[C@H]1CCN(C(=O)CC(C)C)C1. The normalized spacial score (nSPS) is 19.6. The summed E-state index contributed by atoms with van der Waals surface area (Å²) < 4.78 is 0. The van der Waals surface area contributed by atoms with Crippen LogP contribution in [0, 0.1) is 12.8 Å². The van der Waals surface area contributed by atoms with Gasteiger partial charge in [-0.15, -0.1) is 0 Å². The number of nitrogens with zero attached hydrogens (tertiary/aromatic N) is 1. The van der Waals surface area contributed by atoms with E-state index in [0.717, 1.165) is 19.5 Å². The molecule has 0 spiro atoms. The Labute approximate surface area is 110 Å². The van der Waals surface area contributed by atoms with E-state index in [1.165, 1.54) is 11.1 Å². The number of aryl methyl sites for hydroxylation is 1. The van der Waals surface area contributed by atoms with Crippen LogP contribution in [0.1, 0.15) is 43.7 Å². The molecule has 18 heavy (non-hydrogen) atoms. The molecule has 2 heteroatoms. The summed E-state index contributed by atoms with van der Waals surface area (Å²) in [7, 11) is 0. The lowest BCUT2D eigenvalue weighted by molar-refractivity contribution is -0.130. The minimum atomic E-state index is 0.320. The van der Waals surface area contributed by atoms with E-state index >= 15 is 0 Å². The maximum absolute atomic E-state index is 12.0. The second-order valence-corrected chi connectivity index (χ2v) is 5.78. The fraction of sp³-hybridized carbons (Fsp3) is 0.562. The molecule has 1 aromatic rings. The van der Waals surface area contributed by atoms with Gasteiger partial charge in [-0.1, -0.05) is 38.1 Å². The molecule has 0 aromatic heterocycles. The van der Waals surface area contributed by atoms with Gasteiger partial charge in [-0.25, -0.2) is 0 Å². The van der Waals surface area contributed by atoms with E-state index in [1.54, 1.807) is 0 Å². The number of amides is 1. The van der Waals surface area contributed by atoms with Crippen LogP contribution >= 0.6 is 0 Å². The molecule has 2 nitrogen and oxygen atoms in total. The highest BCUT2D eigenvalue weighted by molar-refractivity contribution is 5.76. The lowest BCUT2D eigenvalue weighted by Crippen LogP contribution is -2.29. The minimum Gasteiger partial charge on any atom is -0.342 e. The van der Waals surface area contributed by atoms with Gasteiger partial charge in [-0.2, -0.15) is 0 Å². The maximum Gasteiger partial charge on any atom is 0.222 e. The Hall–Kier alpha value is -1.31.